The average molecular weight is 286 g/mol. The van der Waals surface area contributed by atoms with Crippen LogP contribution in [0.5, 0.6) is 0 Å². The van der Waals surface area contributed by atoms with Gasteiger partial charge in [-0.2, -0.15) is 0 Å². The van der Waals surface area contributed by atoms with Gasteiger partial charge in [0.05, 0.1) is 0 Å². The monoisotopic (exact) mass is 285 g/mol. The van der Waals surface area contributed by atoms with Gasteiger partial charge in [-0.1, -0.05) is 29.8 Å². The zero-order valence-corrected chi connectivity index (χ0v) is 11.6. The summed E-state index contributed by atoms with van der Waals surface area (Å²) in [5, 5.41) is 4.26. The minimum atomic E-state index is -0.272. The Balaban J connectivity index is 1.91. The van der Waals surface area contributed by atoms with E-state index in [4.69, 9.17) is 16.0 Å². The molecule has 1 amide bonds. The summed E-state index contributed by atoms with van der Waals surface area (Å²) >= 11 is 5.92. The molecule has 1 heterocycles. The maximum absolute atomic E-state index is 12.2. The number of aryl methyl sites for hydroxylation is 1. The first-order chi connectivity index (χ1) is 9.63. The molecule has 3 rings (SSSR count). The van der Waals surface area contributed by atoms with Crippen molar-refractivity contribution in [1.82, 2.24) is 0 Å². The van der Waals surface area contributed by atoms with Gasteiger partial charge in [-0.25, -0.2) is 0 Å². The summed E-state index contributed by atoms with van der Waals surface area (Å²) < 4.78 is 5.53. The Morgan fingerprint density at radius 2 is 1.95 bits per heavy atom. The highest BCUT2D eigenvalue weighted by Gasteiger charge is 2.13. The van der Waals surface area contributed by atoms with Crippen LogP contribution in [0.3, 0.4) is 0 Å². The Bertz CT molecular complexity index is 792. The zero-order chi connectivity index (χ0) is 14.1. The van der Waals surface area contributed by atoms with Crippen LogP contribution >= 0.6 is 11.6 Å². The molecule has 0 fully saturated rings. The van der Waals surface area contributed by atoms with Crippen molar-refractivity contribution in [3.8, 4) is 0 Å². The lowest BCUT2D eigenvalue weighted by atomic mass is 10.2. The van der Waals surface area contributed by atoms with Crippen molar-refractivity contribution in [2.45, 2.75) is 6.92 Å². The lowest BCUT2D eigenvalue weighted by molar-refractivity contribution is 0.0998. The fourth-order valence-corrected chi connectivity index (χ4v) is 2.20. The number of halogens is 1. The molecule has 0 unspecified atom stereocenters. The number of nitrogens with one attached hydrogen (secondary N) is 1. The third-order valence-electron chi connectivity index (χ3n) is 3.10. The lowest BCUT2D eigenvalue weighted by Gasteiger charge is -2.05. The molecule has 0 bridgehead atoms. The second-order valence-corrected chi connectivity index (χ2v) is 5.00. The fourth-order valence-electron chi connectivity index (χ4n) is 2.02. The molecule has 0 atom stereocenters. The number of benzene rings is 2. The van der Waals surface area contributed by atoms with E-state index in [1.807, 2.05) is 31.2 Å². The maximum atomic E-state index is 12.2. The van der Waals surface area contributed by atoms with Crippen LogP contribution in [0, 0.1) is 6.92 Å². The van der Waals surface area contributed by atoms with Crippen molar-refractivity contribution >= 4 is 34.2 Å². The van der Waals surface area contributed by atoms with E-state index in [1.165, 1.54) is 0 Å². The molecule has 4 heteroatoms. The van der Waals surface area contributed by atoms with Crippen LogP contribution in [0.4, 0.5) is 5.69 Å². The molecule has 20 heavy (non-hydrogen) atoms. The normalized spacial score (nSPS) is 10.7. The van der Waals surface area contributed by atoms with Crippen molar-refractivity contribution < 1.29 is 9.21 Å². The van der Waals surface area contributed by atoms with E-state index in [1.54, 1.807) is 24.3 Å². The first-order valence-electron chi connectivity index (χ1n) is 6.19. The van der Waals surface area contributed by atoms with E-state index >= 15 is 0 Å². The summed E-state index contributed by atoms with van der Waals surface area (Å²) in [4.78, 5) is 12.2. The van der Waals surface area contributed by atoms with Crippen molar-refractivity contribution in [2.24, 2.45) is 0 Å². The van der Waals surface area contributed by atoms with E-state index in [-0.39, 0.29) is 11.7 Å². The van der Waals surface area contributed by atoms with E-state index in [2.05, 4.69) is 5.32 Å². The summed E-state index contributed by atoms with van der Waals surface area (Å²) in [6.45, 7) is 1.94. The summed E-state index contributed by atoms with van der Waals surface area (Å²) in [5.74, 6) is -0.00265. The Labute approximate surface area is 121 Å². The molecular weight excluding hydrogens is 274 g/mol. The lowest BCUT2D eigenvalue weighted by Crippen LogP contribution is -2.11. The number of furan rings is 1. The van der Waals surface area contributed by atoms with Gasteiger partial charge in [-0.05, 0) is 42.8 Å². The van der Waals surface area contributed by atoms with Crippen molar-refractivity contribution in [3.63, 3.8) is 0 Å². The van der Waals surface area contributed by atoms with E-state index in [0.29, 0.717) is 10.6 Å². The first-order valence-corrected chi connectivity index (χ1v) is 6.57. The number of carbonyl (C=O) groups excluding carboxylic acids is 1. The number of rotatable bonds is 2. The van der Waals surface area contributed by atoms with Crippen LogP contribution in [0.1, 0.15) is 16.1 Å². The molecule has 0 radical (unpaired) electrons. The smallest absolute Gasteiger partial charge is 0.291 e. The van der Waals surface area contributed by atoms with Crippen LogP contribution < -0.4 is 5.32 Å². The third kappa shape index (κ3) is 2.40. The molecule has 2 aromatic carbocycles. The van der Waals surface area contributed by atoms with Gasteiger partial charge in [-0.15, -0.1) is 0 Å². The van der Waals surface area contributed by atoms with Gasteiger partial charge in [0.15, 0.2) is 5.76 Å². The van der Waals surface area contributed by atoms with Gasteiger partial charge >= 0.3 is 0 Å². The van der Waals surface area contributed by atoms with Crippen molar-refractivity contribution in [3.05, 3.63) is 64.9 Å². The highest BCUT2D eigenvalue weighted by molar-refractivity contribution is 6.31. The first kappa shape index (κ1) is 12.8. The number of anilines is 1. The predicted molar refractivity (Wildman–Crippen MR) is 80.4 cm³/mol. The molecule has 0 saturated heterocycles. The van der Waals surface area contributed by atoms with Gasteiger partial charge < -0.3 is 9.73 Å². The summed E-state index contributed by atoms with van der Waals surface area (Å²) in [5.41, 5.74) is 2.42. The Morgan fingerprint density at radius 3 is 2.75 bits per heavy atom. The molecule has 3 nitrogen and oxygen atoms in total. The highest BCUT2D eigenvalue weighted by Crippen LogP contribution is 2.24. The number of amides is 1. The van der Waals surface area contributed by atoms with E-state index < -0.39 is 0 Å². The van der Waals surface area contributed by atoms with Crippen LogP contribution in [0.15, 0.2) is 52.9 Å². The van der Waals surface area contributed by atoms with E-state index in [0.717, 1.165) is 16.6 Å². The quantitative estimate of drug-likeness (QED) is 0.745. The molecule has 3 aromatic rings. The Kier molecular flexibility index (Phi) is 3.20. The highest BCUT2D eigenvalue weighted by atomic mass is 35.5. The number of hydrogen-bond donors (Lipinski definition) is 1. The number of carbonyl (C=O) groups is 1. The van der Waals surface area contributed by atoms with Gasteiger partial charge in [-0.3, -0.25) is 4.79 Å². The Morgan fingerprint density at radius 1 is 1.15 bits per heavy atom. The molecule has 0 aliphatic heterocycles. The Hall–Kier alpha value is -2.26. The molecule has 100 valence electrons. The van der Waals surface area contributed by atoms with Crippen molar-refractivity contribution in [1.29, 1.82) is 0 Å². The molecule has 1 N–H and O–H groups in total. The molecule has 0 saturated carbocycles. The van der Waals surface area contributed by atoms with Gasteiger partial charge in [0, 0.05) is 16.1 Å². The topological polar surface area (TPSA) is 42.2 Å². The summed E-state index contributed by atoms with van der Waals surface area (Å²) in [6, 6.07) is 14.5. The minimum absolute atomic E-state index is 0.269. The summed E-state index contributed by atoms with van der Waals surface area (Å²) in [6.07, 6.45) is 0. The largest absolute Gasteiger partial charge is 0.451 e. The molecular formula is C16H12ClNO2. The summed E-state index contributed by atoms with van der Waals surface area (Å²) in [7, 11) is 0. The fraction of sp³-hybridized carbons (Fsp3) is 0.0625. The van der Waals surface area contributed by atoms with Crippen LogP contribution in [0.25, 0.3) is 11.0 Å². The molecule has 0 spiro atoms. The van der Waals surface area contributed by atoms with E-state index in [9.17, 15) is 4.79 Å². The number of para-hydroxylation sites is 1. The molecule has 0 aliphatic rings. The molecule has 0 aliphatic carbocycles. The van der Waals surface area contributed by atoms with Crippen LogP contribution in [-0.2, 0) is 0 Å². The SMILES string of the molecule is Cc1ccccc1NC(=O)c1cc2cc(Cl)ccc2o1. The van der Waals surface area contributed by atoms with Gasteiger partial charge in [0.2, 0.25) is 0 Å². The molecule has 1 aromatic heterocycles. The van der Waals surface area contributed by atoms with Crippen LogP contribution in [0.2, 0.25) is 5.02 Å². The third-order valence-corrected chi connectivity index (χ3v) is 3.33. The van der Waals surface area contributed by atoms with Crippen LogP contribution in [-0.4, -0.2) is 5.91 Å². The predicted octanol–water partition coefficient (Wildman–Crippen LogP) is 4.65. The minimum Gasteiger partial charge on any atom is -0.451 e. The zero-order valence-electron chi connectivity index (χ0n) is 10.8. The second kappa shape index (κ2) is 5.02. The standard InChI is InChI=1S/C16H12ClNO2/c1-10-4-2-3-5-13(10)18-16(19)15-9-11-8-12(17)6-7-14(11)20-15/h2-9H,1H3,(H,18,19). The number of fused-ring (bicyclic) bond motifs is 1. The maximum Gasteiger partial charge on any atom is 0.291 e. The van der Waals surface area contributed by atoms with Crippen molar-refractivity contribution in [2.75, 3.05) is 5.32 Å². The second-order valence-electron chi connectivity index (χ2n) is 4.56. The van der Waals surface area contributed by atoms with Gasteiger partial charge in [0.25, 0.3) is 5.91 Å². The number of hydrogen-bond acceptors (Lipinski definition) is 2. The van der Waals surface area contributed by atoms with Gasteiger partial charge in [0.1, 0.15) is 5.58 Å². The average Bonchev–Trinajstić information content (AvgIpc) is 2.84.